The first kappa shape index (κ1) is 19.9. The minimum absolute atomic E-state index is 0.0357. The first-order chi connectivity index (χ1) is 13.7. The van der Waals surface area contributed by atoms with Gasteiger partial charge in [0.2, 0.25) is 5.91 Å². The van der Waals surface area contributed by atoms with Crippen LogP contribution in [0, 0.1) is 0 Å². The fourth-order valence-corrected chi connectivity index (χ4v) is 3.60. The molecule has 0 saturated carbocycles. The van der Waals surface area contributed by atoms with Crippen molar-refractivity contribution in [2.45, 2.75) is 18.6 Å². The summed E-state index contributed by atoms with van der Waals surface area (Å²) in [5, 5.41) is 9.34. The molecular formula is C21H24N4O2S. The number of hydrogen-bond donors (Lipinski definition) is 0. The number of hydrogen-bond acceptors (Lipinski definition) is 5. The Hall–Kier alpha value is -2.80. The highest BCUT2D eigenvalue weighted by Gasteiger charge is 2.16. The number of thioether (sulfide) groups is 1. The molecule has 1 heterocycles. The van der Waals surface area contributed by atoms with Crippen LogP contribution in [0.5, 0.6) is 5.75 Å². The molecule has 0 aliphatic rings. The lowest BCUT2D eigenvalue weighted by Gasteiger charge is -2.17. The van der Waals surface area contributed by atoms with Gasteiger partial charge in [0, 0.05) is 19.2 Å². The summed E-state index contributed by atoms with van der Waals surface area (Å²) in [7, 11) is 1.79. The highest BCUT2D eigenvalue weighted by Crippen LogP contribution is 2.23. The van der Waals surface area contributed by atoms with Gasteiger partial charge in [-0.05, 0) is 19.1 Å². The minimum Gasteiger partial charge on any atom is -0.492 e. The van der Waals surface area contributed by atoms with Crippen molar-refractivity contribution in [2.75, 3.05) is 26.0 Å². The monoisotopic (exact) mass is 396 g/mol. The number of nitrogens with zero attached hydrogens (tertiary/aromatic N) is 4. The predicted octanol–water partition coefficient (Wildman–Crippen LogP) is 3.59. The summed E-state index contributed by atoms with van der Waals surface area (Å²) in [6.07, 6.45) is 0. The molecule has 0 spiro atoms. The van der Waals surface area contributed by atoms with Crippen LogP contribution >= 0.6 is 11.8 Å². The van der Waals surface area contributed by atoms with Gasteiger partial charge in [0.1, 0.15) is 12.4 Å². The third-order valence-corrected chi connectivity index (χ3v) is 5.21. The summed E-state index contributed by atoms with van der Waals surface area (Å²) in [6, 6.07) is 19.5. The van der Waals surface area contributed by atoms with E-state index in [2.05, 4.69) is 17.1 Å². The summed E-state index contributed by atoms with van der Waals surface area (Å²) in [5.41, 5.74) is 1.02. The van der Waals surface area contributed by atoms with E-state index in [9.17, 15) is 4.79 Å². The lowest BCUT2D eigenvalue weighted by Crippen LogP contribution is -2.32. The fraction of sp³-hybridized carbons (Fsp3) is 0.286. The van der Waals surface area contributed by atoms with E-state index in [0.717, 1.165) is 28.8 Å². The molecule has 1 aromatic heterocycles. The number of carbonyl (C=O) groups excluding carboxylic acids is 1. The maximum Gasteiger partial charge on any atom is 0.232 e. The summed E-state index contributed by atoms with van der Waals surface area (Å²) >= 11 is 1.41. The number of carbonyl (C=O) groups is 1. The largest absolute Gasteiger partial charge is 0.492 e. The molecule has 0 aliphatic heterocycles. The molecule has 0 saturated heterocycles. The van der Waals surface area contributed by atoms with Gasteiger partial charge in [0.15, 0.2) is 11.0 Å². The lowest BCUT2D eigenvalue weighted by molar-refractivity contribution is -0.127. The Labute approximate surface area is 169 Å². The smallest absolute Gasteiger partial charge is 0.232 e. The standard InChI is InChI=1S/C21H24N4O2S/c1-3-25-20(17-10-6-4-7-11-17)22-23-21(25)28-16-19(26)24(2)14-15-27-18-12-8-5-9-13-18/h4-13H,3,14-16H2,1-2H3. The van der Waals surface area contributed by atoms with Crippen LogP contribution in [0.15, 0.2) is 65.8 Å². The van der Waals surface area contributed by atoms with Gasteiger partial charge in [-0.25, -0.2) is 0 Å². The highest BCUT2D eigenvalue weighted by molar-refractivity contribution is 7.99. The van der Waals surface area contributed by atoms with Crippen molar-refractivity contribution in [3.63, 3.8) is 0 Å². The molecule has 6 nitrogen and oxygen atoms in total. The molecule has 1 amide bonds. The van der Waals surface area contributed by atoms with Crippen LogP contribution < -0.4 is 4.74 Å². The highest BCUT2D eigenvalue weighted by atomic mass is 32.2. The molecule has 0 N–H and O–H groups in total. The van der Waals surface area contributed by atoms with Crippen molar-refractivity contribution in [3.05, 3.63) is 60.7 Å². The molecule has 2 aromatic carbocycles. The molecule has 0 bridgehead atoms. The van der Waals surface area contributed by atoms with Crippen molar-refractivity contribution < 1.29 is 9.53 Å². The number of likely N-dealkylation sites (N-methyl/N-ethyl adjacent to an activating group) is 1. The molecule has 0 aliphatic carbocycles. The van der Waals surface area contributed by atoms with Gasteiger partial charge in [-0.2, -0.15) is 0 Å². The van der Waals surface area contributed by atoms with Gasteiger partial charge in [-0.1, -0.05) is 60.3 Å². The van der Waals surface area contributed by atoms with Crippen LogP contribution in [0.1, 0.15) is 6.92 Å². The van der Waals surface area contributed by atoms with Crippen LogP contribution in [0.4, 0.5) is 0 Å². The molecule has 3 aromatic rings. The zero-order valence-electron chi connectivity index (χ0n) is 16.1. The van der Waals surface area contributed by atoms with E-state index in [1.165, 1.54) is 11.8 Å². The number of para-hydroxylation sites is 1. The maximum atomic E-state index is 12.4. The number of amides is 1. The maximum absolute atomic E-state index is 12.4. The van der Waals surface area contributed by atoms with Crippen LogP contribution in [0.3, 0.4) is 0 Å². The van der Waals surface area contributed by atoms with E-state index in [1.54, 1.807) is 11.9 Å². The predicted molar refractivity (Wildman–Crippen MR) is 111 cm³/mol. The van der Waals surface area contributed by atoms with Gasteiger partial charge in [-0.15, -0.1) is 10.2 Å². The molecule has 28 heavy (non-hydrogen) atoms. The van der Waals surface area contributed by atoms with Crippen LogP contribution in [0.25, 0.3) is 11.4 Å². The SMILES string of the molecule is CCn1c(SCC(=O)N(C)CCOc2ccccc2)nnc1-c1ccccc1. The Morgan fingerprint density at radius 1 is 1.07 bits per heavy atom. The minimum atomic E-state index is 0.0357. The number of benzene rings is 2. The van der Waals surface area contributed by atoms with E-state index < -0.39 is 0 Å². The van der Waals surface area contributed by atoms with Crippen LogP contribution in [-0.4, -0.2) is 51.5 Å². The van der Waals surface area contributed by atoms with Crippen molar-refractivity contribution >= 4 is 17.7 Å². The first-order valence-electron chi connectivity index (χ1n) is 9.22. The van der Waals surface area contributed by atoms with E-state index in [4.69, 9.17) is 4.74 Å². The topological polar surface area (TPSA) is 60.2 Å². The Morgan fingerprint density at radius 3 is 2.43 bits per heavy atom. The third-order valence-electron chi connectivity index (χ3n) is 4.25. The van der Waals surface area contributed by atoms with Gasteiger partial charge in [0.05, 0.1) is 12.3 Å². The average molecular weight is 397 g/mol. The van der Waals surface area contributed by atoms with E-state index in [-0.39, 0.29) is 5.91 Å². The van der Waals surface area contributed by atoms with Crippen molar-refractivity contribution in [3.8, 4) is 17.1 Å². The van der Waals surface area contributed by atoms with Gasteiger partial charge < -0.3 is 14.2 Å². The van der Waals surface area contributed by atoms with Crippen LogP contribution in [0.2, 0.25) is 0 Å². The van der Waals surface area contributed by atoms with Crippen molar-refractivity contribution in [1.29, 1.82) is 0 Å². The second-order valence-corrected chi connectivity index (χ2v) is 7.12. The Kier molecular flexibility index (Phi) is 7.08. The van der Waals surface area contributed by atoms with E-state index >= 15 is 0 Å². The molecule has 3 rings (SSSR count). The van der Waals surface area contributed by atoms with Crippen LogP contribution in [-0.2, 0) is 11.3 Å². The second kappa shape index (κ2) is 9.94. The first-order valence-corrected chi connectivity index (χ1v) is 10.2. The van der Waals surface area contributed by atoms with Crippen molar-refractivity contribution in [2.24, 2.45) is 0 Å². The third kappa shape index (κ3) is 5.13. The molecule has 7 heteroatoms. The summed E-state index contributed by atoms with van der Waals surface area (Å²) in [4.78, 5) is 14.1. The molecule has 0 unspecified atom stereocenters. The summed E-state index contributed by atoms with van der Waals surface area (Å²) in [6.45, 7) is 3.79. The molecule has 0 fully saturated rings. The van der Waals surface area contributed by atoms with Gasteiger partial charge >= 0.3 is 0 Å². The quantitative estimate of drug-likeness (QED) is 0.517. The normalized spacial score (nSPS) is 10.6. The number of ether oxygens (including phenoxy) is 1. The van der Waals surface area contributed by atoms with Gasteiger partial charge in [-0.3, -0.25) is 4.79 Å². The number of rotatable bonds is 9. The Morgan fingerprint density at radius 2 is 1.75 bits per heavy atom. The zero-order valence-corrected chi connectivity index (χ0v) is 16.9. The van der Waals surface area contributed by atoms with Gasteiger partial charge in [0.25, 0.3) is 0 Å². The number of aromatic nitrogens is 3. The van der Waals surface area contributed by atoms with E-state index in [0.29, 0.717) is 18.9 Å². The molecule has 0 radical (unpaired) electrons. The zero-order chi connectivity index (χ0) is 19.8. The fourth-order valence-electron chi connectivity index (χ4n) is 2.66. The molecular weight excluding hydrogens is 372 g/mol. The molecule has 146 valence electrons. The Bertz CT molecular complexity index is 884. The summed E-state index contributed by atoms with van der Waals surface area (Å²) in [5.74, 6) is 1.98. The van der Waals surface area contributed by atoms with Crippen molar-refractivity contribution in [1.82, 2.24) is 19.7 Å². The average Bonchev–Trinajstić information content (AvgIpc) is 3.16. The summed E-state index contributed by atoms with van der Waals surface area (Å²) < 4.78 is 7.68. The second-order valence-electron chi connectivity index (χ2n) is 6.18. The Balaban J connectivity index is 1.52. The van der Waals surface area contributed by atoms with E-state index in [1.807, 2.05) is 65.2 Å². The lowest BCUT2D eigenvalue weighted by atomic mass is 10.2. The molecule has 0 atom stereocenters.